The molecule has 1 heterocycles. The lowest BCUT2D eigenvalue weighted by Gasteiger charge is -2.40. The Labute approximate surface area is 102 Å². The van der Waals surface area contributed by atoms with Crippen LogP contribution < -0.4 is 5.32 Å². The van der Waals surface area contributed by atoms with Crippen LogP contribution in [0, 0.1) is 5.92 Å². The van der Waals surface area contributed by atoms with Crippen molar-refractivity contribution >= 4 is 16.5 Å². The van der Waals surface area contributed by atoms with Crippen LogP contribution >= 0.6 is 11.3 Å². The fourth-order valence-corrected chi connectivity index (χ4v) is 3.45. The van der Waals surface area contributed by atoms with Gasteiger partial charge in [-0.25, -0.2) is 4.98 Å². The van der Waals surface area contributed by atoms with Gasteiger partial charge in [0, 0.05) is 17.1 Å². The van der Waals surface area contributed by atoms with Gasteiger partial charge in [0.15, 0.2) is 5.13 Å². The number of thiazole rings is 1. The normalized spacial score (nSPS) is 29.9. The SMILES string of the molecule is C=CCC1(Nc2nccs2)CCCC(C)C1. The van der Waals surface area contributed by atoms with E-state index in [1.807, 2.05) is 17.7 Å². The maximum absolute atomic E-state index is 4.34. The zero-order valence-electron chi connectivity index (χ0n) is 9.91. The molecular weight excluding hydrogens is 216 g/mol. The average Bonchev–Trinajstić information content (AvgIpc) is 2.70. The second kappa shape index (κ2) is 5.00. The summed E-state index contributed by atoms with van der Waals surface area (Å²) in [4.78, 5) is 4.34. The van der Waals surface area contributed by atoms with Crippen LogP contribution in [-0.2, 0) is 0 Å². The van der Waals surface area contributed by atoms with Gasteiger partial charge in [-0.15, -0.1) is 17.9 Å². The molecule has 2 atom stereocenters. The molecule has 3 heteroatoms. The van der Waals surface area contributed by atoms with Crippen molar-refractivity contribution in [3.63, 3.8) is 0 Å². The van der Waals surface area contributed by atoms with Crippen LogP contribution in [0.2, 0.25) is 0 Å². The summed E-state index contributed by atoms with van der Waals surface area (Å²) in [5.41, 5.74) is 0.206. The summed E-state index contributed by atoms with van der Waals surface area (Å²) < 4.78 is 0. The van der Waals surface area contributed by atoms with E-state index in [1.165, 1.54) is 25.7 Å². The third-order valence-corrected chi connectivity index (χ3v) is 4.12. The lowest BCUT2D eigenvalue weighted by molar-refractivity contribution is 0.259. The predicted molar refractivity (Wildman–Crippen MR) is 70.9 cm³/mol. The van der Waals surface area contributed by atoms with Gasteiger partial charge in [0.25, 0.3) is 0 Å². The Hall–Kier alpha value is -0.830. The monoisotopic (exact) mass is 236 g/mol. The second-order valence-corrected chi connectivity index (χ2v) is 5.83. The first kappa shape index (κ1) is 11.6. The minimum atomic E-state index is 0.206. The third-order valence-electron chi connectivity index (χ3n) is 3.43. The second-order valence-electron chi connectivity index (χ2n) is 4.94. The van der Waals surface area contributed by atoms with Gasteiger partial charge >= 0.3 is 0 Å². The van der Waals surface area contributed by atoms with Crippen LogP contribution in [0.5, 0.6) is 0 Å². The van der Waals surface area contributed by atoms with E-state index in [2.05, 4.69) is 23.8 Å². The summed E-state index contributed by atoms with van der Waals surface area (Å²) in [5, 5.41) is 6.72. The highest BCUT2D eigenvalue weighted by molar-refractivity contribution is 7.13. The molecule has 0 amide bonds. The maximum Gasteiger partial charge on any atom is 0.183 e. The van der Waals surface area contributed by atoms with E-state index < -0.39 is 0 Å². The first-order valence-electron chi connectivity index (χ1n) is 6.03. The van der Waals surface area contributed by atoms with Crippen molar-refractivity contribution < 1.29 is 0 Å². The van der Waals surface area contributed by atoms with Gasteiger partial charge < -0.3 is 5.32 Å². The summed E-state index contributed by atoms with van der Waals surface area (Å²) in [7, 11) is 0. The number of rotatable bonds is 4. The quantitative estimate of drug-likeness (QED) is 0.797. The van der Waals surface area contributed by atoms with Crippen LogP contribution in [0.3, 0.4) is 0 Å². The molecule has 0 spiro atoms. The molecule has 0 bridgehead atoms. The largest absolute Gasteiger partial charge is 0.356 e. The van der Waals surface area contributed by atoms with Gasteiger partial charge in [-0.3, -0.25) is 0 Å². The van der Waals surface area contributed by atoms with E-state index in [1.54, 1.807) is 11.3 Å². The highest BCUT2D eigenvalue weighted by atomic mass is 32.1. The predicted octanol–water partition coefficient (Wildman–Crippen LogP) is 4.08. The van der Waals surface area contributed by atoms with Crippen LogP contribution in [0.15, 0.2) is 24.2 Å². The molecule has 0 aliphatic heterocycles. The number of hydrogen-bond acceptors (Lipinski definition) is 3. The van der Waals surface area contributed by atoms with Gasteiger partial charge in [-0.05, 0) is 25.2 Å². The first-order chi connectivity index (χ1) is 7.74. The standard InChI is InChI=1S/C13H20N2S/c1-3-6-13(7-4-5-11(2)10-13)15-12-14-8-9-16-12/h3,8-9,11H,1,4-7,10H2,2H3,(H,14,15). The Morgan fingerprint density at radius 1 is 1.75 bits per heavy atom. The molecule has 1 aromatic rings. The zero-order chi connectivity index (χ0) is 11.4. The molecule has 2 nitrogen and oxygen atoms in total. The lowest BCUT2D eigenvalue weighted by atomic mass is 9.74. The fraction of sp³-hybridized carbons (Fsp3) is 0.615. The molecule has 1 aliphatic carbocycles. The van der Waals surface area contributed by atoms with Crippen LogP contribution in [0.1, 0.15) is 39.0 Å². The molecule has 16 heavy (non-hydrogen) atoms. The van der Waals surface area contributed by atoms with E-state index in [4.69, 9.17) is 0 Å². The van der Waals surface area contributed by atoms with E-state index in [-0.39, 0.29) is 5.54 Å². The van der Waals surface area contributed by atoms with Crippen molar-refractivity contribution in [3.8, 4) is 0 Å². The summed E-state index contributed by atoms with van der Waals surface area (Å²) in [6, 6.07) is 0. The summed E-state index contributed by atoms with van der Waals surface area (Å²) in [6.07, 6.45) is 10.1. The molecule has 1 fully saturated rings. The average molecular weight is 236 g/mol. The van der Waals surface area contributed by atoms with Crippen molar-refractivity contribution in [2.24, 2.45) is 5.92 Å². The molecule has 2 unspecified atom stereocenters. The smallest absolute Gasteiger partial charge is 0.183 e. The van der Waals surface area contributed by atoms with E-state index >= 15 is 0 Å². The molecule has 1 N–H and O–H groups in total. The summed E-state index contributed by atoms with van der Waals surface area (Å²) in [6.45, 7) is 6.24. The Morgan fingerprint density at radius 3 is 3.25 bits per heavy atom. The Balaban J connectivity index is 2.11. The van der Waals surface area contributed by atoms with E-state index in [0.29, 0.717) is 0 Å². The minimum absolute atomic E-state index is 0.206. The Bertz CT molecular complexity index is 334. The maximum atomic E-state index is 4.34. The van der Waals surface area contributed by atoms with Crippen molar-refractivity contribution in [1.82, 2.24) is 4.98 Å². The van der Waals surface area contributed by atoms with Crippen LogP contribution in [0.25, 0.3) is 0 Å². The zero-order valence-corrected chi connectivity index (χ0v) is 10.7. The number of anilines is 1. The Kier molecular flexibility index (Phi) is 3.64. The molecule has 0 aromatic carbocycles. The molecular formula is C13H20N2S. The molecule has 0 radical (unpaired) electrons. The minimum Gasteiger partial charge on any atom is -0.356 e. The number of hydrogen-bond donors (Lipinski definition) is 1. The number of aromatic nitrogens is 1. The molecule has 88 valence electrons. The number of nitrogens with zero attached hydrogens (tertiary/aromatic N) is 1. The molecule has 0 saturated heterocycles. The van der Waals surface area contributed by atoms with Gasteiger partial charge in [-0.2, -0.15) is 0 Å². The highest BCUT2D eigenvalue weighted by Gasteiger charge is 2.34. The van der Waals surface area contributed by atoms with Crippen LogP contribution in [-0.4, -0.2) is 10.5 Å². The van der Waals surface area contributed by atoms with Gasteiger partial charge in [0.2, 0.25) is 0 Å². The summed E-state index contributed by atoms with van der Waals surface area (Å²) in [5.74, 6) is 0.807. The topological polar surface area (TPSA) is 24.9 Å². The Morgan fingerprint density at radius 2 is 2.62 bits per heavy atom. The van der Waals surface area contributed by atoms with Crippen molar-refractivity contribution in [1.29, 1.82) is 0 Å². The van der Waals surface area contributed by atoms with Gasteiger partial charge in [0.05, 0.1) is 0 Å². The van der Waals surface area contributed by atoms with Gasteiger partial charge in [0.1, 0.15) is 0 Å². The molecule has 1 aliphatic rings. The summed E-state index contributed by atoms with van der Waals surface area (Å²) >= 11 is 1.69. The van der Waals surface area contributed by atoms with E-state index in [9.17, 15) is 0 Å². The van der Waals surface area contributed by atoms with E-state index in [0.717, 1.165) is 17.5 Å². The first-order valence-corrected chi connectivity index (χ1v) is 6.91. The van der Waals surface area contributed by atoms with Crippen molar-refractivity contribution in [2.45, 2.75) is 44.6 Å². The lowest BCUT2D eigenvalue weighted by Crippen LogP contribution is -2.42. The third kappa shape index (κ3) is 2.64. The van der Waals surface area contributed by atoms with Crippen molar-refractivity contribution in [2.75, 3.05) is 5.32 Å². The molecule has 1 aromatic heterocycles. The fourth-order valence-electron chi connectivity index (χ4n) is 2.80. The van der Waals surface area contributed by atoms with Gasteiger partial charge in [-0.1, -0.05) is 25.8 Å². The van der Waals surface area contributed by atoms with Crippen molar-refractivity contribution in [3.05, 3.63) is 24.2 Å². The number of nitrogens with one attached hydrogen (secondary N) is 1. The molecule has 2 rings (SSSR count). The van der Waals surface area contributed by atoms with Crippen LogP contribution in [0.4, 0.5) is 5.13 Å². The highest BCUT2D eigenvalue weighted by Crippen LogP contribution is 2.37. The molecule has 1 saturated carbocycles.